The summed E-state index contributed by atoms with van der Waals surface area (Å²) in [5.41, 5.74) is 0.848. The minimum Gasteiger partial charge on any atom is -0.496 e. The van der Waals surface area contributed by atoms with E-state index in [-0.39, 0.29) is 25.0 Å². The number of rotatable bonds is 9. The van der Waals surface area contributed by atoms with E-state index in [0.29, 0.717) is 75.1 Å². The second kappa shape index (κ2) is 11.2. The van der Waals surface area contributed by atoms with Crippen LogP contribution in [0.4, 0.5) is 0 Å². The summed E-state index contributed by atoms with van der Waals surface area (Å²) in [6.45, 7) is 0.236. The Morgan fingerprint density at radius 2 is 2.10 bits per heavy atom. The van der Waals surface area contributed by atoms with Gasteiger partial charge in [-0.3, -0.25) is 4.79 Å². The molecule has 4 heterocycles. The van der Waals surface area contributed by atoms with E-state index in [0.717, 1.165) is 5.39 Å². The number of ether oxygens (including phenoxy) is 3. The number of hydrogen-bond donors (Lipinski definition) is 1. The standard InChI is InChI=1S/C28H28N6O6S2/c1-33(9-8-29)24(35)16-4-6-28(36,7-5-16)25-31-17(15-41-25)14-39-21-10-18(37-2)11-22-19(21)12-23(40-22)20-13-30-26-34(20)32-27(38-3)42-26/h10-13,15-16,36H,4-7,9,14H2,1-3H3. The number of aliphatic hydroxyl groups is 1. The lowest BCUT2D eigenvalue weighted by atomic mass is 9.78. The highest BCUT2D eigenvalue weighted by atomic mass is 32.1. The zero-order valence-electron chi connectivity index (χ0n) is 23.2. The number of thiazole rings is 1. The second-order valence-electron chi connectivity index (χ2n) is 10.1. The first-order chi connectivity index (χ1) is 20.3. The van der Waals surface area contributed by atoms with Crippen molar-refractivity contribution in [1.29, 1.82) is 5.26 Å². The van der Waals surface area contributed by atoms with Crippen molar-refractivity contribution in [3.8, 4) is 34.2 Å². The number of methoxy groups -OCH3 is 2. The van der Waals surface area contributed by atoms with Gasteiger partial charge in [0, 0.05) is 30.5 Å². The highest BCUT2D eigenvalue weighted by Gasteiger charge is 2.40. The molecule has 0 atom stereocenters. The number of benzene rings is 1. The average molecular weight is 609 g/mol. The Hall–Kier alpha value is -4.19. The Labute approximate surface area is 248 Å². The molecule has 14 heteroatoms. The van der Waals surface area contributed by atoms with E-state index in [1.807, 2.05) is 17.5 Å². The molecule has 5 aromatic rings. The third kappa shape index (κ3) is 5.15. The number of carbonyl (C=O) groups is 1. The fourth-order valence-electron chi connectivity index (χ4n) is 5.16. The fourth-order valence-corrected chi connectivity index (χ4v) is 6.82. The summed E-state index contributed by atoms with van der Waals surface area (Å²) in [6.07, 6.45) is 3.64. The number of furan rings is 1. The lowest BCUT2D eigenvalue weighted by Crippen LogP contribution is -2.39. The molecule has 0 bridgehead atoms. The molecule has 12 nitrogen and oxygen atoms in total. The van der Waals surface area contributed by atoms with Crippen molar-refractivity contribution in [2.75, 3.05) is 27.8 Å². The first-order valence-electron chi connectivity index (χ1n) is 13.2. The van der Waals surface area contributed by atoms with E-state index in [1.165, 1.54) is 27.6 Å². The van der Waals surface area contributed by atoms with Crippen LogP contribution >= 0.6 is 22.7 Å². The smallest absolute Gasteiger partial charge is 0.294 e. The van der Waals surface area contributed by atoms with Gasteiger partial charge in [0.2, 0.25) is 10.9 Å². The van der Waals surface area contributed by atoms with Gasteiger partial charge in [0.25, 0.3) is 5.19 Å². The van der Waals surface area contributed by atoms with Gasteiger partial charge in [0.05, 0.1) is 37.6 Å². The van der Waals surface area contributed by atoms with Gasteiger partial charge in [-0.25, -0.2) is 9.97 Å². The summed E-state index contributed by atoms with van der Waals surface area (Å²) in [5, 5.41) is 28.4. The van der Waals surface area contributed by atoms with Crippen LogP contribution in [-0.2, 0) is 17.0 Å². The minimum atomic E-state index is -1.09. The number of fused-ring (bicyclic) bond motifs is 2. The van der Waals surface area contributed by atoms with Crippen LogP contribution in [0.1, 0.15) is 36.4 Å². The van der Waals surface area contributed by atoms with Crippen LogP contribution in [0.15, 0.2) is 34.2 Å². The largest absolute Gasteiger partial charge is 0.496 e. The minimum absolute atomic E-state index is 0.0530. The first kappa shape index (κ1) is 28.0. The molecule has 1 aliphatic rings. The van der Waals surface area contributed by atoms with Crippen molar-refractivity contribution < 1.29 is 28.5 Å². The molecule has 1 aromatic carbocycles. The second-order valence-corrected chi connectivity index (χ2v) is 11.9. The summed E-state index contributed by atoms with van der Waals surface area (Å²) < 4.78 is 24.8. The molecule has 0 spiro atoms. The summed E-state index contributed by atoms with van der Waals surface area (Å²) >= 11 is 2.72. The highest BCUT2D eigenvalue weighted by molar-refractivity contribution is 7.18. The summed E-state index contributed by atoms with van der Waals surface area (Å²) in [4.78, 5) is 23.8. The Morgan fingerprint density at radius 3 is 2.83 bits per heavy atom. The van der Waals surface area contributed by atoms with E-state index >= 15 is 0 Å². The normalized spacial score (nSPS) is 18.7. The number of nitriles is 1. The van der Waals surface area contributed by atoms with Crippen LogP contribution in [0, 0.1) is 17.2 Å². The van der Waals surface area contributed by atoms with Crippen molar-refractivity contribution in [2.24, 2.45) is 5.92 Å². The number of imidazole rings is 1. The van der Waals surface area contributed by atoms with Crippen molar-refractivity contribution >= 4 is 44.5 Å². The van der Waals surface area contributed by atoms with Gasteiger partial charge < -0.3 is 28.6 Å². The van der Waals surface area contributed by atoms with Crippen LogP contribution in [0.2, 0.25) is 0 Å². The van der Waals surface area contributed by atoms with Crippen molar-refractivity contribution in [3.05, 3.63) is 40.5 Å². The molecule has 1 saturated carbocycles. The van der Waals surface area contributed by atoms with E-state index in [9.17, 15) is 9.90 Å². The molecule has 6 rings (SSSR count). The zero-order valence-corrected chi connectivity index (χ0v) is 24.8. The Morgan fingerprint density at radius 1 is 1.29 bits per heavy atom. The maximum absolute atomic E-state index is 12.6. The molecular formula is C28H28N6O6S2. The number of aromatic nitrogens is 4. The maximum atomic E-state index is 12.6. The maximum Gasteiger partial charge on any atom is 0.294 e. The van der Waals surface area contributed by atoms with Crippen molar-refractivity contribution in [2.45, 2.75) is 37.9 Å². The average Bonchev–Trinajstić information content (AvgIpc) is 3.79. The molecule has 1 aliphatic carbocycles. The van der Waals surface area contributed by atoms with Crippen molar-refractivity contribution in [1.82, 2.24) is 24.5 Å². The molecule has 0 unspecified atom stereocenters. The van der Waals surface area contributed by atoms with Gasteiger partial charge in [-0.05, 0) is 43.1 Å². The highest BCUT2D eigenvalue weighted by Crippen LogP contribution is 2.42. The molecule has 0 aliphatic heterocycles. The monoisotopic (exact) mass is 608 g/mol. The fraction of sp³-hybridized carbons (Fsp3) is 0.393. The molecule has 1 fully saturated rings. The number of carbonyl (C=O) groups excluding carboxylic acids is 1. The van der Waals surface area contributed by atoms with Gasteiger partial charge in [0.1, 0.15) is 46.5 Å². The van der Waals surface area contributed by atoms with Gasteiger partial charge in [0.15, 0.2) is 5.76 Å². The lowest BCUT2D eigenvalue weighted by molar-refractivity contribution is -0.136. The van der Waals surface area contributed by atoms with Gasteiger partial charge in [-0.2, -0.15) is 9.78 Å². The molecule has 1 amide bonds. The molecule has 0 saturated heterocycles. The molecule has 1 N–H and O–H groups in total. The molecule has 218 valence electrons. The van der Waals surface area contributed by atoms with Crippen LogP contribution in [0.25, 0.3) is 27.4 Å². The summed E-state index contributed by atoms with van der Waals surface area (Å²) in [5.74, 6) is 1.45. The third-order valence-electron chi connectivity index (χ3n) is 7.47. The number of nitrogens with zero attached hydrogens (tertiary/aromatic N) is 6. The quantitative estimate of drug-likeness (QED) is 0.235. The summed E-state index contributed by atoms with van der Waals surface area (Å²) in [6, 6.07) is 7.47. The molecule has 42 heavy (non-hydrogen) atoms. The van der Waals surface area contributed by atoms with Crippen LogP contribution in [0.5, 0.6) is 16.7 Å². The van der Waals surface area contributed by atoms with Crippen LogP contribution < -0.4 is 14.2 Å². The van der Waals surface area contributed by atoms with Gasteiger partial charge in [-0.1, -0.05) is 0 Å². The molecular weight excluding hydrogens is 580 g/mol. The Bertz CT molecular complexity index is 1790. The first-order valence-corrected chi connectivity index (χ1v) is 14.9. The van der Waals surface area contributed by atoms with Gasteiger partial charge >= 0.3 is 0 Å². The topological polar surface area (TPSA) is 148 Å². The van der Waals surface area contributed by atoms with E-state index in [1.54, 1.807) is 44.1 Å². The van der Waals surface area contributed by atoms with Crippen LogP contribution in [-0.4, -0.2) is 63.3 Å². The van der Waals surface area contributed by atoms with Crippen LogP contribution in [0.3, 0.4) is 0 Å². The number of amides is 1. The Kier molecular flexibility index (Phi) is 7.48. The molecule has 0 radical (unpaired) electrons. The summed E-state index contributed by atoms with van der Waals surface area (Å²) in [7, 11) is 4.77. The van der Waals surface area contributed by atoms with E-state index in [2.05, 4.69) is 15.1 Å². The Balaban J connectivity index is 1.18. The predicted octanol–water partition coefficient (Wildman–Crippen LogP) is 4.62. The SMILES string of the molecule is COc1cc(OCc2csc(C3(O)CCC(C(=O)N(C)CC#N)CC3)n2)c2cc(-c3cnc4sc(OC)nn34)oc2c1. The predicted molar refractivity (Wildman–Crippen MR) is 155 cm³/mol. The van der Waals surface area contributed by atoms with Gasteiger partial charge in [-0.15, -0.1) is 16.4 Å². The lowest BCUT2D eigenvalue weighted by Gasteiger charge is -2.35. The van der Waals surface area contributed by atoms with Crippen molar-refractivity contribution in [3.63, 3.8) is 0 Å². The molecule has 4 aromatic heterocycles. The number of hydrogen-bond acceptors (Lipinski definition) is 12. The zero-order chi connectivity index (χ0) is 29.4. The third-order valence-corrected chi connectivity index (χ3v) is 9.44. The van der Waals surface area contributed by atoms with E-state index in [4.69, 9.17) is 23.9 Å². The van der Waals surface area contributed by atoms with E-state index < -0.39 is 5.60 Å².